The highest BCUT2D eigenvalue weighted by Crippen LogP contribution is 2.18. The van der Waals surface area contributed by atoms with Crippen LogP contribution in [0.25, 0.3) is 0 Å². The number of imide groups is 1. The topological polar surface area (TPSA) is 169 Å². The molecule has 0 saturated carbocycles. The molecule has 3 atom stereocenters. The lowest BCUT2D eigenvalue weighted by atomic mass is 10.0. The first-order chi connectivity index (χ1) is 18.9. The Labute approximate surface area is 233 Å². The Morgan fingerprint density at radius 1 is 0.950 bits per heavy atom. The van der Waals surface area contributed by atoms with Crippen molar-refractivity contribution in [3.05, 3.63) is 29.8 Å². The molecule has 1 aromatic carbocycles. The SMILES string of the molecule is CC(=O)OCc1ccc(NC(=O)[C@H](C)NC(=O)[C@@H](NC(=O)OCCOCCN2C(=O)CC(C)C2=O)C(C)C)cc1. The van der Waals surface area contributed by atoms with Crippen LogP contribution in [0.1, 0.15) is 46.6 Å². The fourth-order valence-electron chi connectivity index (χ4n) is 3.73. The molecule has 2 rings (SSSR count). The van der Waals surface area contributed by atoms with Crippen LogP contribution in [0.4, 0.5) is 10.5 Å². The number of hydrogen-bond acceptors (Lipinski definition) is 9. The van der Waals surface area contributed by atoms with Gasteiger partial charge in [0.2, 0.25) is 23.6 Å². The molecule has 1 fully saturated rings. The maximum atomic E-state index is 12.8. The number of likely N-dealkylation sites (tertiary alicyclic amines) is 1. The molecule has 3 N–H and O–H groups in total. The molecule has 0 bridgehead atoms. The second-order valence-electron chi connectivity index (χ2n) is 9.80. The van der Waals surface area contributed by atoms with Gasteiger partial charge in [0, 0.05) is 24.9 Å². The van der Waals surface area contributed by atoms with Crippen LogP contribution in [-0.4, -0.2) is 79.0 Å². The minimum atomic E-state index is -0.960. The van der Waals surface area contributed by atoms with E-state index >= 15 is 0 Å². The average molecular weight is 563 g/mol. The molecule has 13 nitrogen and oxygen atoms in total. The quantitative estimate of drug-likeness (QED) is 0.172. The Morgan fingerprint density at radius 3 is 2.20 bits per heavy atom. The van der Waals surface area contributed by atoms with Crippen LogP contribution < -0.4 is 16.0 Å². The number of anilines is 1. The molecule has 40 heavy (non-hydrogen) atoms. The molecule has 1 unspecified atom stereocenters. The molecule has 0 aliphatic carbocycles. The third kappa shape index (κ3) is 10.3. The largest absolute Gasteiger partial charge is 0.461 e. The first kappa shape index (κ1) is 32.2. The Bertz CT molecular complexity index is 1070. The standard InChI is InChI=1S/C27H38N4O9/c1-16(2)23(30-27(37)39-13-12-38-11-10-31-22(33)14-17(3)26(31)36)25(35)28-18(4)24(34)29-21-8-6-20(7-9-21)15-40-19(5)32/h6-9,16-18,23H,10-15H2,1-5H3,(H,28,35)(H,29,34)(H,30,37)/t17?,18-,23-/m0/s1. The van der Waals surface area contributed by atoms with Crippen molar-refractivity contribution in [2.75, 3.05) is 31.7 Å². The zero-order valence-corrected chi connectivity index (χ0v) is 23.5. The summed E-state index contributed by atoms with van der Waals surface area (Å²) in [5, 5.41) is 7.77. The summed E-state index contributed by atoms with van der Waals surface area (Å²) in [4.78, 5) is 73.3. The monoisotopic (exact) mass is 562 g/mol. The van der Waals surface area contributed by atoms with Crippen molar-refractivity contribution >= 4 is 41.4 Å². The molecular weight excluding hydrogens is 524 g/mol. The van der Waals surface area contributed by atoms with E-state index in [4.69, 9.17) is 14.2 Å². The Kier molecular flexibility index (Phi) is 12.5. The molecule has 1 aromatic rings. The van der Waals surface area contributed by atoms with Crippen molar-refractivity contribution in [3.63, 3.8) is 0 Å². The smallest absolute Gasteiger partial charge is 0.407 e. The molecule has 1 aliphatic rings. The van der Waals surface area contributed by atoms with Gasteiger partial charge in [-0.2, -0.15) is 0 Å². The van der Waals surface area contributed by atoms with Crippen molar-refractivity contribution < 1.29 is 43.0 Å². The highest BCUT2D eigenvalue weighted by Gasteiger charge is 2.35. The maximum Gasteiger partial charge on any atom is 0.407 e. The van der Waals surface area contributed by atoms with Gasteiger partial charge in [0.25, 0.3) is 0 Å². The fraction of sp³-hybridized carbons (Fsp3) is 0.556. The molecule has 1 saturated heterocycles. The summed E-state index contributed by atoms with van der Waals surface area (Å²) in [6.07, 6.45) is -0.633. The van der Waals surface area contributed by atoms with Crippen molar-refractivity contribution in [1.29, 1.82) is 0 Å². The molecule has 1 heterocycles. The van der Waals surface area contributed by atoms with Crippen LogP contribution in [0.5, 0.6) is 0 Å². The van der Waals surface area contributed by atoms with Crippen molar-refractivity contribution in [2.45, 2.75) is 59.7 Å². The van der Waals surface area contributed by atoms with Crippen molar-refractivity contribution in [1.82, 2.24) is 15.5 Å². The number of rotatable bonds is 14. The predicted octanol–water partition coefficient (Wildman–Crippen LogP) is 1.36. The molecule has 0 spiro atoms. The van der Waals surface area contributed by atoms with Crippen LogP contribution >= 0.6 is 0 Å². The Balaban J connectivity index is 1.72. The van der Waals surface area contributed by atoms with E-state index in [9.17, 15) is 28.8 Å². The number of alkyl carbamates (subject to hydrolysis) is 1. The first-order valence-electron chi connectivity index (χ1n) is 13.1. The highest BCUT2D eigenvalue weighted by molar-refractivity contribution is 6.03. The van der Waals surface area contributed by atoms with Crippen molar-refractivity contribution in [3.8, 4) is 0 Å². The van der Waals surface area contributed by atoms with Crippen LogP contribution in [0, 0.1) is 11.8 Å². The summed E-state index contributed by atoms with van der Waals surface area (Å²) in [6, 6.07) is 4.83. The number of esters is 1. The van der Waals surface area contributed by atoms with E-state index in [1.807, 2.05) is 0 Å². The maximum absolute atomic E-state index is 12.8. The van der Waals surface area contributed by atoms with Gasteiger partial charge in [-0.1, -0.05) is 32.9 Å². The fourth-order valence-corrected chi connectivity index (χ4v) is 3.73. The van der Waals surface area contributed by atoms with E-state index in [2.05, 4.69) is 16.0 Å². The summed E-state index contributed by atoms with van der Waals surface area (Å²) >= 11 is 0. The van der Waals surface area contributed by atoms with E-state index < -0.39 is 36.0 Å². The van der Waals surface area contributed by atoms with Gasteiger partial charge >= 0.3 is 12.1 Å². The summed E-state index contributed by atoms with van der Waals surface area (Å²) in [6.45, 7) is 8.31. The van der Waals surface area contributed by atoms with Gasteiger partial charge in [0.05, 0.1) is 19.8 Å². The van der Waals surface area contributed by atoms with Crippen LogP contribution in [0.15, 0.2) is 24.3 Å². The summed E-state index contributed by atoms with van der Waals surface area (Å²) in [5.74, 6) is -2.49. The number of benzene rings is 1. The van der Waals surface area contributed by atoms with Gasteiger partial charge in [-0.15, -0.1) is 0 Å². The third-order valence-electron chi connectivity index (χ3n) is 6.03. The van der Waals surface area contributed by atoms with E-state index in [1.165, 1.54) is 13.8 Å². The van der Waals surface area contributed by atoms with Crippen LogP contribution in [-0.2, 0) is 44.8 Å². The first-order valence-corrected chi connectivity index (χ1v) is 13.1. The third-order valence-corrected chi connectivity index (χ3v) is 6.03. The minimum absolute atomic E-state index is 0.0413. The molecule has 0 radical (unpaired) electrons. The van der Waals surface area contributed by atoms with Crippen LogP contribution in [0.2, 0.25) is 0 Å². The predicted molar refractivity (Wildman–Crippen MR) is 143 cm³/mol. The van der Waals surface area contributed by atoms with E-state index in [0.717, 1.165) is 10.5 Å². The van der Waals surface area contributed by atoms with E-state index in [-0.39, 0.29) is 63.0 Å². The number of hydrogen-bond donors (Lipinski definition) is 3. The van der Waals surface area contributed by atoms with Gasteiger partial charge in [-0.05, 0) is 30.5 Å². The second-order valence-corrected chi connectivity index (χ2v) is 9.80. The molecule has 1 aliphatic heterocycles. The van der Waals surface area contributed by atoms with Gasteiger partial charge < -0.3 is 30.2 Å². The molecule has 5 amide bonds. The highest BCUT2D eigenvalue weighted by atomic mass is 16.6. The zero-order valence-electron chi connectivity index (χ0n) is 23.5. The molecule has 220 valence electrons. The lowest BCUT2D eigenvalue weighted by molar-refractivity contribution is -0.142. The number of nitrogens with zero attached hydrogens (tertiary/aromatic N) is 1. The van der Waals surface area contributed by atoms with E-state index in [1.54, 1.807) is 45.0 Å². The Morgan fingerprint density at radius 2 is 1.62 bits per heavy atom. The second kappa shape index (κ2) is 15.6. The molecular formula is C27H38N4O9. The van der Waals surface area contributed by atoms with Gasteiger partial charge in [0.15, 0.2) is 0 Å². The number of nitrogens with one attached hydrogen (secondary N) is 3. The number of carbonyl (C=O) groups excluding carboxylic acids is 6. The number of carbonyl (C=O) groups is 6. The minimum Gasteiger partial charge on any atom is -0.461 e. The summed E-state index contributed by atoms with van der Waals surface area (Å²) in [5.41, 5.74) is 1.25. The van der Waals surface area contributed by atoms with Gasteiger partial charge in [-0.25, -0.2) is 4.79 Å². The lowest BCUT2D eigenvalue weighted by Crippen LogP contribution is -2.53. The van der Waals surface area contributed by atoms with Crippen LogP contribution in [0.3, 0.4) is 0 Å². The normalized spacial score (nSPS) is 16.4. The van der Waals surface area contributed by atoms with Crippen molar-refractivity contribution in [2.24, 2.45) is 11.8 Å². The van der Waals surface area contributed by atoms with Gasteiger partial charge in [-0.3, -0.25) is 28.9 Å². The zero-order chi connectivity index (χ0) is 29.8. The molecule has 0 aromatic heterocycles. The summed E-state index contributed by atoms with van der Waals surface area (Å²) < 4.78 is 15.3. The molecule has 13 heteroatoms. The summed E-state index contributed by atoms with van der Waals surface area (Å²) in [7, 11) is 0. The van der Waals surface area contributed by atoms with Gasteiger partial charge in [0.1, 0.15) is 25.3 Å². The number of amides is 5. The Hall–Kier alpha value is -4.00. The van der Waals surface area contributed by atoms with E-state index in [0.29, 0.717) is 5.69 Å². The lowest BCUT2D eigenvalue weighted by Gasteiger charge is -2.23. The average Bonchev–Trinajstić information content (AvgIpc) is 3.13. The number of ether oxygens (including phenoxy) is 3.